The van der Waals surface area contributed by atoms with E-state index in [0.717, 1.165) is 5.56 Å². The van der Waals surface area contributed by atoms with E-state index in [4.69, 9.17) is 61.2 Å². The number of allylic oxidation sites excluding steroid dienone is 1. The fraction of sp³-hybridized carbons (Fsp3) is 0.200. The highest BCUT2D eigenvalue weighted by Crippen LogP contribution is 2.36. The summed E-state index contributed by atoms with van der Waals surface area (Å²) in [5.74, 6) is -0.173. The lowest BCUT2D eigenvalue weighted by Gasteiger charge is -2.30. The number of rotatable bonds is 11. The summed E-state index contributed by atoms with van der Waals surface area (Å²) < 4.78 is 17.5. The van der Waals surface area contributed by atoms with E-state index in [2.05, 4.69) is 37.1 Å². The first-order valence-electron chi connectivity index (χ1n) is 13.1. The van der Waals surface area contributed by atoms with Gasteiger partial charge in [-0.1, -0.05) is 59.1 Å². The van der Waals surface area contributed by atoms with Crippen LogP contribution in [-0.4, -0.2) is 36.4 Å². The molecule has 14 heteroatoms. The third-order valence-corrected chi connectivity index (χ3v) is 7.97. The van der Waals surface area contributed by atoms with E-state index in [1.165, 1.54) is 6.21 Å². The van der Waals surface area contributed by atoms with Crippen molar-refractivity contribution in [1.29, 1.82) is 0 Å². The Kier molecular flexibility index (Phi) is 11.9. The third-order valence-electron chi connectivity index (χ3n) is 6.14. The Balaban J connectivity index is 1.37. The summed E-state index contributed by atoms with van der Waals surface area (Å²) in [6, 6.07) is 15.0. The van der Waals surface area contributed by atoms with Crippen molar-refractivity contribution >= 4 is 86.2 Å². The molecule has 0 aromatic heterocycles. The number of carbonyl (C=O) groups is 2. The predicted octanol–water partition coefficient (Wildman–Crippen LogP) is 6.87. The van der Waals surface area contributed by atoms with E-state index in [1.807, 2.05) is 0 Å². The maximum Gasteiger partial charge on any atom is 0.338 e. The maximum absolute atomic E-state index is 12.7. The molecule has 0 saturated carbocycles. The van der Waals surface area contributed by atoms with Gasteiger partial charge in [0.25, 0.3) is 5.91 Å². The predicted molar refractivity (Wildman–Crippen MR) is 179 cm³/mol. The molecule has 1 aliphatic heterocycles. The van der Waals surface area contributed by atoms with E-state index in [-0.39, 0.29) is 19.8 Å². The molecule has 4 rings (SSSR count). The number of hydrogen-bond acceptors (Lipinski definition) is 7. The molecular weight excluding hydrogens is 715 g/mol. The highest BCUT2D eigenvalue weighted by Gasteiger charge is 2.32. The molecule has 1 heterocycles. The summed E-state index contributed by atoms with van der Waals surface area (Å²) in [6.45, 7) is 3.57. The lowest BCUT2D eigenvalue weighted by Crippen LogP contribution is -2.45. The number of carbonyl (C=O) groups excluding carboxylic acids is 2. The van der Waals surface area contributed by atoms with Crippen LogP contribution in [0, 0.1) is 0 Å². The Labute approximate surface area is 283 Å². The standard InChI is InChI=1S/C30H26BrCl3N4O5S/c1-3-41-29(40)26-16(2)36-30(44)37-27(26)19-6-4-5-7-24(19)42-15-25(39)38-35-13-18-10-20(31)28(23(34)12-18)43-14-17-8-9-21(32)22(33)11-17/h4-13,27H,3,14-15H2,1-2H3,(H,38,39)(H2,36,37,44)/t27-/m1/s1. The summed E-state index contributed by atoms with van der Waals surface area (Å²) >= 11 is 27.3. The van der Waals surface area contributed by atoms with Gasteiger partial charge in [-0.15, -0.1) is 0 Å². The molecule has 44 heavy (non-hydrogen) atoms. The zero-order valence-electron chi connectivity index (χ0n) is 23.4. The van der Waals surface area contributed by atoms with Crippen LogP contribution in [0.1, 0.15) is 36.6 Å². The third kappa shape index (κ3) is 8.64. The Bertz CT molecular complexity index is 1630. The van der Waals surface area contributed by atoms with Crippen LogP contribution in [0.2, 0.25) is 15.1 Å². The van der Waals surface area contributed by atoms with Crippen LogP contribution in [0.15, 0.2) is 75.4 Å². The van der Waals surface area contributed by atoms with Gasteiger partial charge >= 0.3 is 5.97 Å². The Morgan fingerprint density at radius 3 is 2.57 bits per heavy atom. The van der Waals surface area contributed by atoms with Crippen molar-refractivity contribution in [1.82, 2.24) is 16.1 Å². The van der Waals surface area contributed by atoms with Gasteiger partial charge in [-0.25, -0.2) is 10.2 Å². The van der Waals surface area contributed by atoms with Gasteiger partial charge in [-0.2, -0.15) is 5.10 Å². The monoisotopic (exact) mass is 738 g/mol. The smallest absolute Gasteiger partial charge is 0.338 e. The quantitative estimate of drug-likeness (QED) is 0.0846. The molecule has 230 valence electrons. The second-order valence-electron chi connectivity index (χ2n) is 9.26. The fourth-order valence-corrected chi connectivity index (χ4v) is 5.77. The SMILES string of the molecule is CCOC(=O)C1=C(C)NC(=S)N[C@@H]1c1ccccc1OCC(=O)NN=Cc1cc(Cl)c(OCc2ccc(Cl)c(Cl)c2)c(Br)c1. The van der Waals surface area contributed by atoms with Crippen LogP contribution in [-0.2, 0) is 20.9 Å². The first kappa shape index (κ1) is 33.5. The lowest BCUT2D eigenvalue weighted by molar-refractivity contribution is -0.139. The molecule has 0 saturated heterocycles. The van der Waals surface area contributed by atoms with Crippen molar-refractivity contribution in [3.63, 3.8) is 0 Å². The maximum atomic E-state index is 12.7. The first-order chi connectivity index (χ1) is 21.1. The highest BCUT2D eigenvalue weighted by molar-refractivity contribution is 9.10. The molecule has 1 amide bonds. The number of thiocarbonyl (C=S) groups is 1. The van der Waals surface area contributed by atoms with Crippen molar-refractivity contribution in [2.45, 2.75) is 26.5 Å². The summed E-state index contributed by atoms with van der Waals surface area (Å²) in [7, 11) is 0. The normalized spacial score (nSPS) is 14.6. The van der Waals surface area contributed by atoms with Gasteiger partial charge in [0.05, 0.1) is 44.0 Å². The van der Waals surface area contributed by atoms with Crippen molar-refractivity contribution in [3.8, 4) is 11.5 Å². The molecule has 0 unspecified atom stereocenters. The second-order valence-corrected chi connectivity index (χ2v) is 11.7. The average Bonchev–Trinajstić information content (AvgIpc) is 2.97. The van der Waals surface area contributed by atoms with Crippen LogP contribution in [0.5, 0.6) is 11.5 Å². The van der Waals surface area contributed by atoms with Crippen LogP contribution < -0.4 is 25.5 Å². The molecule has 0 fully saturated rings. The molecule has 0 spiro atoms. The number of halogens is 4. The van der Waals surface area contributed by atoms with E-state index >= 15 is 0 Å². The first-order valence-corrected chi connectivity index (χ1v) is 15.5. The van der Waals surface area contributed by atoms with E-state index in [1.54, 1.807) is 68.4 Å². The summed E-state index contributed by atoms with van der Waals surface area (Å²) in [4.78, 5) is 25.3. The molecule has 0 aliphatic carbocycles. The Morgan fingerprint density at radius 2 is 1.84 bits per heavy atom. The zero-order chi connectivity index (χ0) is 31.8. The van der Waals surface area contributed by atoms with Gasteiger partial charge in [0.1, 0.15) is 12.4 Å². The minimum absolute atomic E-state index is 0.215. The van der Waals surface area contributed by atoms with Crippen LogP contribution >= 0.6 is 63.0 Å². The minimum Gasteiger partial charge on any atom is -0.486 e. The van der Waals surface area contributed by atoms with Crippen LogP contribution in [0.4, 0.5) is 0 Å². The number of ether oxygens (including phenoxy) is 3. The number of esters is 1. The summed E-state index contributed by atoms with van der Waals surface area (Å²) in [6.07, 6.45) is 1.43. The number of benzene rings is 3. The molecule has 0 radical (unpaired) electrons. The van der Waals surface area contributed by atoms with Gasteiger partial charge in [-0.05, 0) is 83.5 Å². The van der Waals surface area contributed by atoms with Gasteiger partial charge in [0, 0.05) is 11.3 Å². The number of hydrogen-bond donors (Lipinski definition) is 3. The van der Waals surface area contributed by atoms with Gasteiger partial charge in [0.2, 0.25) is 0 Å². The fourth-order valence-electron chi connectivity index (χ4n) is 4.19. The number of nitrogens with one attached hydrogen (secondary N) is 3. The zero-order valence-corrected chi connectivity index (χ0v) is 28.1. The van der Waals surface area contributed by atoms with Crippen LogP contribution in [0.3, 0.4) is 0 Å². The Hall–Kier alpha value is -3.35. The Morgan fingerprint density at radius 1 is 1.07 bits per heavy atom. The van der Waals surface area contributed by atoms with Crippen molar-refractivity contribution in [2.75, 3.05) is 13.2 Å². The number of nitrogens with zero attached hydrogens (tertiary/aromatic N) is 1. The number of hydrazone groups is 1. The number of amides is 1. The molecule has 1 aliphatic rings. The molecule has 1 atom stereocenters. The molecular formula is C30H26BrCl3N4O5S. The second kappa shape index (κ2) is 15.6. The highest BCUT2D eigenvalue weighted by atomic mass is 79.9. The van der Waals surface area contributed by atoms with Gasteiger partial charge in [0.15, 0.2) is 17.5 Å². The molecule has 3 aromatic rings. The summed E-state index contributed by atoms with van der Waals surface area (Å²) in [5, 5.41) is 11.6. The molecule has 9 nitrogen and oxygen atoms in total. The molecule has 3 aromatic carbocycles. The van der Waals surface area contributed by atoms with E-state index in [0.29, 0.717) is 58.5 Å². The van der Waals surface area contributed by atoms with Crippen molar-refractivity contribution in [3.05, 3.63) is 102 Å². The average molecular weight is 741 g/mol. The van der Waals surface area contributed by atoms with E-state index in [9.17, 15) is 9.59 Å². The van der Waals surface area contributed by atoms with E-state index < -0.39 is 17.9 Å². The summed E-state index contributed by atoms with van der Waals surface area (Å²) in [5.41, 5.74) is 5.40. The van der Waals surface area contributed by atoms with Gasteiger partial charge in [-0.3, -0.25) is 4.79 Å². The number of para-hydroxylation sites is 1. The van der Waals surface area contributed by atoms with Crippen molar-refractivity contribution < 1.29 is 23.8 Å². The van der Waals surface area contributed by atoms with Crippen molar-refractivity contribution in [2.24, 2.45) is 5.10 Å². The molecule has 0 bridgehead atoms. The largest absolute Gasteiger partial charge is 0.486 e. The molecule has 3 N–H and O–H groups in total. The topological polar surface area (TPSA) is 110 Å². The lowest BCUT2D eigenvalue weighted by atomic mass is 9.95. The van der Waals surface area contributed by atoms with Crippen LogP contribution in [0.25, 0.3) is 0 Å². The van der Waals surface area contributed by atoms with Gasteiger partial charge < -0.3 is 24.8 Å². The minimum atomic E-state index is -0.640.